The normalized spacial score (nSPS) is 21.7. The summed E-state index contributed by atoms with van der Waals surface area (Å²) in [6.45, 7) is 0. The second-order valence-electron chi connectivity index (χ2n) is 6.93. The number of benzene rings is 1. The number of fused-ring (bicyclic) bond motifs is 3. The van der Waals surface area contributed by atoms with E-state index >= 15 is 0 Å². The number of anilines is 1. The van der Waals surface area contributed by atoms with Crippen LogP contribution in [0.4, 0.5) is 22.7 Å². The second kappa shape index (κ2) is 5.15. The molecule has 0 bridgehead atoms. The SMILES string of the molecule is Nc1cc(C(F)(F)F)c2nc(-c3nn(SF)c4c3CC3CC3C4)[nH]c2c1. The van der Waals surface area contributed by atoms with E-state index in [0.29, 0.717) is 17.5 Å². The summed E-state index contributed by atoms with van der Waals surface area (Å²) < 4.78 is 54.4. The Morgan fingerprint density at radius 1 is 1.23 bits per heavy atom. The highest BCUT2D eigenvalue weighted by atomic mass is 32.2. The van der Waals surface area contributed by atoms with Gasteiger partial charge in [0.25, 0.3) is 0 Å². The van der Waals surface area contributed by atoms with Crippen molar-refractivity contribution in [3.63, 3.8) is 0 Å². The number of rotatable bonds is 2. The number of nitrogen functional groups attached to an aromatic ring is 1. The largest absolute Gasteiger partial charge is 0.418 e. The van der Waals surface area contributed by atoms with Gasteiger partial charge in [0.15, 0.2) is 18.2 Å². The molecule has 3 N–H and O–H groups in total. The van der Waals surface area contributed by atoms with E-state index in [0.717, 1.165) is 36.6 Å². The van der Waals surface area contributed by atoms with E-state index in [1.807, 2.05) is 0 Å². The van der Waals surface area contributed by atoms with Gasteiger partial charge in [-0.05, 0) is 43.2 Å². The fraction of sp³-hybridized carbons (Fsp3) is 0.375. The molecule has 0 saturated heterocycles. The second-order valence-corrected chi connectivity index (χ2v) is 7.41. The third-order valence-corrected chi connectivity index (χ3v) is 5.68. The number of nitrogens with zero attached hydrogens (tertiary/aromatic N) is 3. The lowest BCUT2D eigenvalue weighted by Gasteiger charge is -2.11. The first-order valence-corrected chi connectivity index (χ1v) is 8.79. The molecular formula is C16H13F4N5S. The number of imidazole rings is 1. The average Bonchev–Trinajstić information content (AvgIpc) is 3.05. The summed E-state index contributed by atoms with van der Waals surface area (Å²) in [7, 11) is 0. The molecule has 10 heteroatoms. The van der Waals surface area contributed by atoms with Gasteiger partial charge >= 0.3 is 6.18 Å². The first kappa shape index (κ1) is 16.0. The van der Waals surface area contributed by atoms with Gasteiger partial charge in [-0.3, -0.25) is 0 Å². The highest BCUT2D eigenvalue weighted by molar-refractivity contribution is 7.92. The highest BCUT2D eigenvalue weighted by Gasteiger charge is 2.44. The van der Waals surface area contributed by atoms with E-state index in [2.05, 4.69) is 15.1 Å². The molecule has 0 aliphatic heterocycles. The van der Waals surface area contributed by atoms with Gasteiger partial charge in [0, 0.05) is 11.3 Å². The van der Waals surface area contributed by atoms with Crippen LogP contribution in [0.15, 0.2) is 12.1 Å². The predicted octanol–water partition coefficient (Wildman–Crippen LogP) is 4.14. The van der Waals surface area contributed by atoms with Crippen LogP contribution in [-0.2, 0) is 19.0 Å². The van der Waals surface area contributed by atoms with Crippen molar-refractivity contribution < 1.29 is 17.1 Å². The van der Waals surface area contributed by atoms with Gasteiger partial charge in [0.2, 0.25) is 0 Å². The number of hydrogen-bond donors (Lipinski definition) is 2. The van der Waals surface area contributed by atoms with Crippen LogP contribution in [0, 0.1) is 11.8 Å². The number of hydrogen-bond acceptors (Lipinski definition) is 4. The van der Waals surface area contributed by atoms with Crippen LogP contribution in [0.25, 0.3) is 22.6 Å². The summed E-state index contributed by atoms with van der Waals surface area (Å²) in [4.78, 5) is 7.03. The average molecular weight is 383 g/mol. The third kappa shape index (κ3) is 2.31. The Morgan fingerprint density at radius 2 is 2.00 bits per heavy atom. The molecule has 136 valence electrons. The highest BCUT2D eigenvalue weighted by Crippen LogP contribution is 2.50. The third-order valence-electron chi connectivity index (χ3n) is 5.25. The molecule has 5 rings (SSSR count). The van der Waals surface area contributed by atoms with Crippen molar-refractivity contribution in [2.45, 2.75) is 25.4 Å². The van der Waals surface area contributed by atoms with E-state index in [9.17, 15) is 17.1 Å². The summed E-state index contributed by atoms with van der Waals surface area (Å²) in [6.07, 6.45) is -1.99. The van der Waals surface area contributed by atoms with E-state index in [1.165, 1.54) is 10.2 Å². The molecule has 0 spiro atoms. The quantitative estimate of drug-likeness (QED) is 0.515. The number of halogens is 4. The van der Waals surface area contributed by atoms with E-state index in [4.69, 9.17) is 5.73 Å². The molecule has 3 aromatic rings. The van der Waals surface area contributed by atoms with Crippen molar-refractivity contribution in [3.05, 3.63) is 29.0 Å². The Hall–Kier alpha value is -2.23. The maximum atomic E-state index is 13.3. The topological polar surface area (TPSA) is 72.5 Å². The fourth-order valence-electron chi connectivity index (χ4n) is 3.92. The number of alkyl halides is 3. The van der Waals surface area contributed by atoms with Crippen LogP contribution in [0.2, 0.25) is 0 Å². The van der Waals surface area contributed by atoms with Crippen LogP contribution in [0.1, 0.15) is 23.2 Å². The van der Waals surface area contributed by atoms with Crippen LogP contribution in [0.5, 0.6) is 0 Å². The minimum atomic E-state index is -4.57. The van der Waals surface area contributed by atoms with Crippen molar-refractivity contribution in [3.8, 4) is 11.5 Å². The molecule has 2 aromatic heterocycles. The summed E-state index contributed by atoms with van der Waals surface area (Å²) >= 11 is 0.000115. The van der Waals surface area contributed by atoms with Gasteiger partial charge in [-0.1, -0.05) is 0 Å². The number of aromatic amines is 1. The zero-order valence-corrected chi connectivity index (χ0v) is 14.1. The standard InChI is InChI=1S/C16H13F4N5S/c17-16(18,19)10-4-8(21)5-11-14(10)23-15(22-11)13-9-2-6-1-7(6)3-12(9)25(24-13)26-20/h4-7H,1-3,21H2,(H,22,23). The molecule has 0 radical (unpaired) electrons. The van der Waals surface area contributed by atoms with Gasteiger partial charge in [0.05, 0.1) is 16.8 Å². The van der Waals surface area contributed by atoms with Crippen molar-refractivity contribution in [2.24, 2.45) is 11.8 Å². The number of aromatic nitrogens is 4. The molecule has 0 amide bonds. The zero-order valence-electron chi connectivity index (χ0n) is 13.3. The van der Waals surface area contributed by atoms with Gasteiger partial charge in [-0.2, -0.15) is 22.4 Å². The molecule has 1 saturated carbocycles. The summed E-state index contributed by atoms with van der Waals surface area (Å²) in [5.74, 6) is 1.32. The first-order valence-electron chi connectivity index (χ1n) is 8.12. The smallest absolute Gasteiger partial charge is 0.399 e. The fourth-order valence-corrected chi connectivity index (χ4v) is 4.30. The molecule has 26 heavy (non-hydrogen) atoms. The van der Waals surface area contributed by atoms with Crippen molar-refractivity contribution in [1.29, 1.82) is 0 Å². The number of H-pyrrole nitrogens is 1. The lowest BCUT2D eigenvalue weighted by Crippen LogP contribution is -2.07. The minimum absolute atomic E-state index is 0.000115. The molecule has 1 fully saturated rings. The molecule has 2 unspecified atom stereocenters. The minimum Gasteiger partial charge on any atom is -0.399 e. The Labute approximate surface area is 149 Å². The summed E-state index contributed by atoms with van der Waals surface area (Å²) in [5, 5.41) is 4.24. The maximum absolute atomic E-state index is 13.3. The number of nitrogens with one attached hydrogen (secondary N) is 1. The molecule has 2 heterocycles. The number of nitrogens with two attached hydrogens (primary N) is 1. The van der Waals surface area contributed by atoms with Gasteiger partial charge in [-0.25, -0.2) is 4.98 Å². The predicted molar refractivity (Wildman–Crippen MR) is 89.8 cm³/mol. The van der Waals surface area contributed by atoms with Crippen LogP contribution in [-0.4, -0.2) is 19.2 Å². The molecule has 2 aliphatic rings. The van der Waals surface area contributed by atoms with Crippen LogP contribution in [0.3, 0.4) is 0 Å². The van der Waals surface area contributed by atoms with E-state index in [1.54, 1.807) is 0 Å². The van der Waals surface area contributed by atoms with Crippen molar-refractivity contribution in [1.82, 2.24) is 19.2 Å². The zero-order chi connectivity index (χ0) is 18.2. The Kier molecular flexibility index (Phi) is 3.17. The van der Waals surface area contributed by atoms with Crippen LogP contribution >= 0.6 is 12.3 Å². The lowest BCUT2D eigenvalue weighted by molar-refractivity contribution is -0.136. The molecule has 1 aromatic carbocycles. The van der Waals surface area contributed by atoms with E-state index in [-0.39, 0.29) is 34.9 Å². The molecular weight excluding hydrogens is 370 g/mol. The lowest BCUT2D eigenvalue weighted by atomic mass is 9.96. The van der Waals surface area contributed by atoms with Gasteiger partial charge in [0.1, 0.15) is 11.2 Å². The van der Waals surface area contributed by atoms with E-state index < -0.39 is 11.7 Å². The molecule has 2 aliphatic carbocycles. The van der Waals surface area contributed by atoms with Crippen LogP contribution < -0.4 is 5.73 Å². The summed E-state index contributed by atoms with van der Waals surface area (Å²) in [5.41, 5.74) is 6.76. The van der Waals surface area contributed by atoms with Gasteiger partial charge in [-0.15, -0.1) is 3.89 Å². The first-order chi connectivity index (χ1) is 12.3. The van der Waals surface area contributed by atoms with Crippen molar-refractivity contribution >= 4 is 29.1 Å². The monoisotopic (exact) mass is 383 g/mol. The molecule has 2 atom stereocenters. The Balaban J connectivity index is 1.70. The van der Waals surface area contributed by atoms with Crippen molar-refractivity contribution in [2.75, 3.05) is 5.73 Å². The van der Waals surface area contributed by atoms with Gasteiger partial charge < -0.3 is 10.7 Å². The maximum Gasteiger partial charge on any atom is 0.418 e. The Bertz CT molecular complexity index is 1040. The summed E-state index contributed by atoms with van der Waals surface area (Å²) in [6, 6.07) is 2.28. The molecule has 5 nitrogen and oxygen atoms in total. The Morgan fingerprint density at radius 3 is 2.73 bits per heavy atom.